The van der Waals surface area contributed by atoms with Gasteiger partial charge in [0.2, 0.25) is 0 Å². The molecule has 0 aliphatic carbocycles. The van der Waals surface area contributed by atoms with Crippen molar-refractivity contribution < 1.29 is 21.9 Å². The van der Waals surface area contributed by atoms with Crippen LogP contribution >= 0.6 is 0 Å². The summed E-state index contributed by atoms with van der Waals surface area (Å²) in [7, 11) is 0. The van der Waals surface area contributed by atoms with E-state index in [1.807, 2.05) is 0 Å². The molecule has 0 aromatic carbocycles. The van der Waals surface area contributed by atoms with Gasteiger partial charge in [-0.05, 0) is 12.8 Å². The molecular formula is C8H16CaO4. The minimum absolute atomic E-state index is 0. The molecule has 0 aromatic heterocycles. The van der Waals surface area contributed by atoms with E-state index in [1.165, 1.54) is 13.8 Å². The Bertz CT molecular complexity index is 149. The molecule has 0 saturated heterocycles. The number of carbonyl (C=O) groups excluding carboxylic acids is 2. The molecule has 0 atom stereocenters. The fraction of sp³-hybridized carbons (Fsp3) is 0.750. The quantitative estimate of drug-likeness (QED) is 0.386. The van der Waals surface area contributed by atoms with Crippen LogP contribution in [0.3, 0.4) is 0 Å². The van der Waals surface area contributed by atoms with Crippen LogP contribution in [0.4, 0.5) is 0 Å². The van der Waals surface area contributed by atoms with Gasteiger partial charge < -0.3 is 12.3 Å². The molecule has 0 fully saturated rings. The second-order valence-electron chi connectivity index (χ2n) is 2.39. The molecule has 0 aromatic rings. The van der Waals surface area contributed by atoms with E-state index in [0.717, 1.165) is 12.8 Å². The van der Waals surface area contributed by atoms with Gasteiger partial charge in [-0.3, -0.25) is 9.59 Å². The second kappa shape index (κ2) is 10.3. The number of esters is 2. The van der Waals surface area contributed by atoms with Crippen molar-refractivity contribution in [1.82, 2.24) is 0 Å². The summed E-state index contributed by atoms with van der Waals surface area (Å²) in [5.41, 5.74) is 0. The summed E-state index contributed by atoms with van der Waals surface area (Å²) in [6.07, 6.45) is 1.46. The van der Waals surface area contributed by atoms with Gasteiger partial charge in [-0.1, -0.05) is 0 Å². The van der Waals surface area contributed by atoms with E-state index in [0.29, 0.717) is 13.2 Å². The monoisotopic (exact) mass is 216 g/mol. The maximum absolute atomic E-state index is 10.3. The Morgan fingerprint density at radius 1 is 1.00 bits per heavy atom. The van der Waals surface area contributed by atoms with Crippen LogP contribution in [0.1, 0.15) is 29.5 Å². The van der Waals surface area contributed by atoms with Crippen molar-refractivity contribution >= 4 is 49.7 Å². The standard InChI is InChI=1S/C8H14O4.Ca.2H/c1-7(9)11-5-3-4-6-12-8(2)10;;;/h3-6H2,1-2H3;;;/q;+2;2*-1. The Balaban J connectivity index is -0.000000202. The van der Waals surface area contributed by atoms with E-state index in [1.54, 1.807) is 0 Å². The normalized spacial score (nSPS) is 8.46. The van der Waals surface area contributed by atoms with Crippen LogP contribution in [0.25, 0.3) is 0 Å². The van der Waals surface area contributed by atoms with Gasteiger partial charge in [-0.15, -0.1) is 0 Å². The summed E-state index contributed by atoms with van der Waals surface area (Å²) in [6.45, 7) is 3.53. The zero-order valence-electron chi connectivity index (χ0n) is 10.2. The predicted octanol–water partition coefficient (Wildman–Crippen LogP) is 0.737. The van der Waals surface area contributed by atoms with Gasteiger partial charge in [-0.25, -0.2) is 0 Å². The molecule has 0 aliphatic heterocycles. The van der Waals surface area contributed by atoms with Crippen molar-refractivity contribution in [3.05, 3.63) is 0 Å². The van der Waals surface area contributed by atoms with Gasteiger partial charge in [0.25, 0.3) is 0 Å². The van der Waals surface area contributed by atoms with E-state index in [9.17, 15) is 9.59 Å². The number of hydrogen-bond acceptors (Lipinski definition) is 4. The first-order valence-corrected chi connectivity index (χ1v) is 3.89. The molecule has 5 heteroatoms. The molecule has 0 N–H and O–H groups in total. The van der Waals surface area contributed by atoms with Gasteiger partial charge in [-0.2, -0.15) is 0 Å². The molecule has 0 spiro atoms. The van der Waals surface area contributed by atoms with Gasteiger partial charge >= 0.3 is 49.7 Å². The minimum Gasteiger partial charge on any atom is -1.00 e. The number of carbonyl (C=O) groups is 2. The molecule has 0 radical (unpaired) electrons. The molecule has 0 amide bonds. The third-order valence-corrected chi connectivity index (χ3v) is 1.15. The van der Waals surface area contributed by atoms with Crippen LogP contribution in [0.15, 0.2) is 0 Å². The van der Waals surface area contributed by atoms with Crippen molar-refractivity contribution in [3.8, 4) is 0 Å². The van der Waals surface area contributed by atoms with E-state index in [4.69, 9.17) is 0 Å². The zero-order chi connectivity index (χ0) is 9.40. The molecule has 13 heavy (non-hydrogen) atoms. The fourth-order valence-electron chi connectivity index (χ4n) is 0.636. The maximum Gasteiger partial charge on any atom is 2.00 e. The largest absolute Gasteiger partial charge is 2.00 e. The SMILES string of the molecule is CC(=O)OCCCCOC(C)=O.[Ca+2].[H-].[H-]. The van der Waals surface area contributed by atoms with Crippen molar-refractivity contribution in [2.45, 2.75) is 26.7 Å². The first-order chi connectivity index (χ1) is 5.63. The van der Waals surface area contributed by atoms with Crippen LogP contribution < -0.4 is 0 Å². The summed E-state index contributed by atoms with van der Waals surface area (Å²) in [5, 5.41) is 0. The van der Waals surface area contributed by atoms with Crippen molar-refractivity contribution in [2.24, 2.45) is 0 Å². The topological polar surface area (TPSA) is 52.6 Å². The molecule has 0 saturated carbocycles. The number of unbranched alkanes of at least 4 members (excludes halogenated alkanes) is 1. The Morgan fingerprint density at radius 3 is 1.54 bits per heavy atom. The van der Waals surface area contributed by atoms with Crippen LogP contribution in [-0.2, 0) is 19.1 Å². The molecule has 4 nitrogen and oxygen atoms in total. The zero-order valence-corrected chi connectivity index (χ0v) is 10.4. The smallest absolute Gasteiger partial charge is 1.00 e. The van der Waals surface area contributed by atoms with Gasteiger partial charge in [0.05, 0.1) is 13.2 Å². The van der Waals surface area contributed by atoms with E-state index in [-0.39, 0.29) is 52.5 Å². The molecule has 0 heterocycles. The summed E-state index contributed by atoms with van der Waals surface area (Å²) < 4.78 is 9.34. The van der Waals surface area contributed by atoms with Crippen molar-refractivity contribution in [1.29, 1.82) is 0 Å². The van der Waals surface area contributed by atoms with Crippen molar-refractivity contribution in [3.63, 3.8) is 0 Å². The third-order valence-electron chi connectivity index (χ3n) is 1.15. The summed E-state index contributed by atoms with van der Waals surface area (Å²) in [4.78, 5) is 20.6. The Kier molecular flexibility index (Phi) is 12.4. The molecule has 0 bridgehead atoms. The number of hydrogen-bond donors (Lipinski definition) is 0. The molecule has 0 aliphatic rings. The Hall–Kier alpha value is 0.200. The van der Waals surface area contributed by atoms with E-state index < -0.39 is 0 Å². The molecule has 74 valence electrons. The van der Waals surface area contributed by atoms with E-state index in [2.05, 4.69) is 9.47 Å². The third kappa shape index (κ3) is 15.0. The average molecular weight is 216 g/mol. The molecule has 0 rings (SSSR count). The second-order valence-corrected chi connectivity index (χ2v) is 2.39. The molecular weight excluding hydrogens is 200 g/mol. The van der Waals surface area contributed by atoms with Gasteiger partial charge in [0, 0.05) is 13.8 Å². The van der Waals surface area contributed by atoms with E-state index >= 15 is 0 Å². The van der Waals surface area contributed by atoms with Crippen LogP contribution in [0.2, 0.25) is 0 Å². The maximum atomic E-state index is 10.3. The first kappa shape index (κ1) is 15.7. The number of rotatable bonds is 5. The van der Waals surface area contributed by atoms with Crippen molar-refractivity contribution in [2.75, 3.05) is 13.2 Å². The van der Waals surface area contributed by atoms with Crippen LogP contribution in [-0.4, -0.2) is 62.9 Å². The summed E-state index contributed by atoms with van der Waals surface area (Å²) in [5.74, 6) is -0.551. The van der Waals surface area contributed by atoms with Crippen LogP contribution in [0, 0.1) is 0 Å². The molecule has 0 unspecified atom stereocenters. The fourth-order valence-corrected chi connectivity index (χ4v) is 0.636. The summed E-state index contributed by atoms with van der Waals surface area (Å²) in [6, 6.07) is 0. The minimum atomic E-state index is -0.275. The van der Waals surface area contributed by atoms with Crippen LogP contribution in [0.5, 0.6) is 0 Å². The Morgan fingerprint density at radius 2 is 1.31 bits per heavy atom. The Labute approximate surface area is 111 Å². The van der Waals surface area contributed by atoms with Gasteiger partial charge in [0.1, 0.15) is 0 Å². The number of ether oxygens (including phenoxy) is 2. The van der Waals surface area contributed by atoms with Gasteiger partial charge in [0.15, 0.2) is 0 Å². The first-order valence-electron chi connectivity index (χ1n) is 3.89. The summed E-state index contributed by atoms with van der Waals surface area (Å²) >= 11 is 0. The predicted molar refractivity (Wildman–Crippen MR) is 50.5 cm³/mol. The average Bonchev–Trinajstić information content (AvgIpc) is 1.95.